The Morgan fingerprint density at radius 1 is 1.17 bits per heavy atom. The maximum Gasteiger partial charge on any atom is 0.326 e. The lowest BCUT2D eigenvalue weighted by molar-refractivity contribution is -0.141. The number of aliphatic carboxylic acids is 1. The van der Waals surface area contributed by atoms with Crippen molar-refractivity contribution in [2.45, 2.75) is 25.6 Å². The molecule has 0 spiro atoms. The average Bonchev–Trinajstić information content (AvgIpc) is 3.12. The van der Waals surface area contributed by atoms with Gasteiger partial charge in [0.15, 0.2) is 0 Å². The van der Waals surface area contributed by atoms with Gasteiger partial charge in [-0.15, -0.1) is 0 Å². The van der Waals surface area contributed by atoms with Gasteiger partial charge in [-0.3, -0.25) is 4.79 Å². The van der Waals surface area contributed by atoms with Crippen LogP contribution in [0.4, 0.5) is 0 Å². The number of carboxylic acids is 1. The SMILES string of the molecule is CSCC[C@H](NC(=O)Cn1ccc2ccc(OCc3ccccc3)cc21)C(=O)O. The van der Waals surface area contributed by atoms with Gasteiger partial charge in [0.25, 0.3) is 0 Å². The van der Waals surface area contributed by atoms with Crippen LogP contribution in [0.2, 0.25) is 0 Å². The molecular weight excluding hydrogens is 388 g/mol. The van der Waals surface area contributed by atoms with Gasteiger partial charge in [-0.2, -0.15) is 11.8 Å². The van der Waals surface area contributed by atoms with Gasteiger partial charge in [0.1, 0.15) is 24.9 Å². The molecule has 0 aliphatic rings. The molecule has 152 valence electrons. The van der Waals surface area contributed by atoms with Crippen LogP contribution in [0.3, 0.4) is 0 Å². The molecule has 1 heterocycles. The first-order chi connectivity index (χ1) is 14.1. The Kier molecular flexibility index (Phi) is 7.19. The van der Waals surface area contributed by atoms with Crippen LogP contribution in [0.25, 0.3) is 10.9 Å². The van der Waals surface area contributed by atoms with Crippen molar-refractivity contribution in [1.82, 2.24) is 9.88 Å². The zero-order chi connectivity index (χ0) is 20.6. The number of carboxylic acid groups (broad SMARTS) is 1. The van der Waals surface area contributed by atoms with E-state index in [9.17, 15) is 14.7 Å². The Balaban J connectivity index is 1.67. The Hall–Kier alpha value is -2.93. The van der Waals surface area contributed by atoms with Crippen molar-refractivity contribution in [3.05, 3.63) is 66.4 Å². The van der Waals surface area contributed by atoms with Gasteiger partial charge in [0, 0.05) is 12.3 Å². The number of nitrogens with one attached hydrogen (secondary N) is 1. The standard InChI is InChI=1S/C22H24N2O4S/c1-29-12-10-19(22(26)27)23-21(25)14-24-11-9-17-7-8-18(13-20(17)24)28-15-16-5-3-2-4-6-16/h2-9,11,13,19H,10,12,14-15H2,1H3,(H,23,25)(H,26,27)/t19-/m0/s1. The highest BCUT2D eigenvalue weighted by Crippen LogP contribution is 2.23. The first kappa shape index (κ1) is 20.8. The lowest BCUT2D eigenvalue weighted by Crippen LogP contribution is -2.42. The van der Waals surface area contributed by atoms with Gasteiger partial charge < -0.3 is 19.7 Å². The molecule has 3 aromatic rings. The first-order valence-corrected chi connectivity index (χ1v) is 10.7. The van der Waals surface area contributed by atoms with Crippen molar-refractivity contribution >= 4 is 34.5 Å². The van der Waals surface area contributed by atoms with E-state index in [2.05, 4.69) is 5.32 Å². The summed E-state index contributed by atoms with van der Waals surface area (Å²) in [7, 11) is 0. The minimum atomic E-state index is -1.01. The molecule has 1 amide bonds. The number of rotatable bonds is 10. The summed E-state index contributed by atoms with van der Waals surface area (Å²) in [4.78, 5) is 23.7. The molecule has 0 fully saturated rings. The molecule has 0 aliphatic carbocycles. The Morgan fingerprint density at radius 3 is 2.69 bits per heavy atom. The number of fused-ring (bicyclic) bond motifs is 1. The van der Waals surface area contributed by atoms with Crippen molar-refractivity contribution in [3.63, 3.8) is 0 Å². The van der Waals surface area contributed by atoms with Crippen LogP contribution >= 0.6 is 11.8 Å². The van der Waals surface area contributed by atoms with Crippen LogP contribution in [0.1, 0.15) is 12.0 Å². The predicted octanol–water partition coefficient (Wildman–Crippen LogP) is 3.54. The Labute approximate surface area is 173 Å². The number of thioether (sulfide) groups is 1. The molecule has 0 saturated carbocycles. The van der Waals surface area contributed by atoms with E-state index < -0.39 is 12.0 Å². The molecule has 0 saturated heterocycles. The predicted molar refractivity (Wildman–Crippen MR) is 115 cm³/mol. The molecule has 0 radical (unpaired) electrons. The summed E-state index contributed by atoms with van der Waals surface area (Å²) in [5.74, 6) is 0.0456. The molecule has 7 heteroatoms. The molecule has 1 aromatic heterocycles. The van der Waals surface area contributed by atoms with Crippen molar-refractivity contribution < 1.29 is 19.4 Å². The minimum Gasteiger partial charge on any atom is -0.489 e. The van der Waals surface area contributed by atoms with Crippen LogP contribution in [-0.4, -0.2) is 39.6 Å². The van der Waals surface area contributed by atoms with Crippen LogP contribution in [0, 0.1) is 0 Å². The van der Waals surface area contributed by atoms with Crippen LogP contribution in [0.5, 0.6) is 5.75 Å². The van der Waals surface area contributed by atoms with E-state index in [-0.39, 0.29) is 12.5 Å². The van der Waals surface area contributed by atoms with Crippen molar-refractivity contribution in [2.75, 3.05) is 12.0 Å². The largest absolute Gasteiger partial charge is 0.489 e. The zero-order valence-corrected chi connectivity index (χ0v) is 17.0. The second-order valence-corrected chi connectivity index (χ2v) is 7.66. The van der Waals surface area contributed by atoms with Crippen LogP contribution in [-0.2, 0) is 22.7 Å². The fourth-order valence-corrected chi connectivity index (χ4v) is 3.49. The number of hydrogen-bond acceptors (Lipinski definition) is 4. The second-order valence-electron chi connectivity index (χ2n) is 6.68. The molecule has 6 nitrogen and oxygen atoms in total. The smallest absolute Gasteiger partial charge is 0.326 e. The molecule has 0 unspecified atom stereocenters. The molecule has 29 heavy (non-hydrogen) atoms. The van der Waals surface area contributed by atoms with Gasteiger partial charge in [-0.05, 0) is 47.6 Å². The van der Waals surface area contributed by atoms with E-state index in [1.54, 1.807) is 16.3 Å². The van der Waals surface area contributed by atoms with Gasteiger partial charge in [0.05, 0.1) is 5.52 Å². The summed E-state index contributed by atoms with van der Waals surface area (Å²) >= 11 is 1.55. The zero-order valence-electron chi connectivity index (χ0n) is 16.2. The summed E-state index contributed by atoms with van der Waals surface area (Å²) in [5.41, 5.74) is 1.94. The van der Waals surface area contributed by atoms with E-state index in [1.165, 1.54) is 0 Å². The number of hydrogen-bond donors (Lipinski definition) is 2. The normalized spacial score (nSPS) is 11.9. The highest BCUT2D eigenvalue weighted by atomic mass is 32.2. The Morgan fingerprint density at radius 2 is 1.97 bits per heavy atom. The monoisotopic (exact) mass is 412 g/mol. The Bertz CT molecular complexity index is 971. The lowest BCUT2D eigenvalue weighted by atomic mass is 10.2. The van der Waals surface area contributed by atoms with E-state index in [4.69, 9.17) is 4.74 Å². The fourth-order valence-electron chi connectivity index (χ4n) is 3.02. The third-order valence-electron chi connectivity index (χ3n) is 4.55. The second kappa shape index (κ2) is 10.0. The van der Waals surface area contributed by atoms with Gasteiger partial charge in [-0.1, -0.05) is 30.3 Å². The third kappa shape index (κ3) is 5.77. The summed E-state index contributed by atoms with van der Waals surface area (Å²) < 4.78 is 7.68. The highest BCUT2D eigenvalue weighted by Gasteiger charge is 2.19. The first-order valence-electron chi connectivity index (χ1n) is 9.33. The molecule has 2 N–H and O–H groups in total. The molecule has 0 aliphatic heterocycles. The minimum absolute atomic E-state index is 0.0503. The van der Waals surface area contributed by atoms with Crippen LogP contribution in [0.15, 0.2) is 60.8 Å². The average molecular weight is 413 g/mol. The number of carbonyl (C=O) groups is 2. The number of ether oxygens (including phenoxy) is 1. The van der Waals surface area contributed by atoms with Gasteiger partial charge in [0.2, 0.25) is 5.91 Å². The summed E-state index contributed by atoms with van der Waals surface area (Å²) in [6.07, 6.45) is 4.12. The van der Waals surface area contributed by atoms with Gasteiger partial charge >= 0.3 is 5.97 Å². The van der Waals surface area contributed by atoms with Crippen molar-refractivity contribution in [1.29, 1.82) is 0 Å². The number of nitrogens with zero attached hydrogens (tertiary/aromatic N) is 1. The number of amides is 1. The number of aromatic nitrogens is 1. The molecule has 2 aromatic carbocycles. The summed E-state index contributed by atoms with van der Waals surface area (Å²) in [6.45, 7) is 0.512. The van der Waals surface area contributed by atoms with Gasteiger partial charge in [-0.25, -0.2) is 4.79 Å². The van der Waals surface area contributed by atoms with Crippen molar-refractivity contribution in [3.8, 4) is 5.75 Å². The molecule has 1 atom stereocenters. The fraction of sp³-hybridized carbons (Fsp3) is 0.273. The number of benzene rings is 2. The molecular formula is C22H24N2O4S. The lowest BCUT2D eigenvalue weighted by Gasteiger charge is -2.15. The third-order valence-corrected chi connectivity index (χ3v) is 5.20. The molecule has 0 bridgehead atoms. The van der Waals surface area contributed by atoms with E-state index in [0.29, 0.717) is 24.5 Å². The van der Waals surface area contributed by atoms with Crippen LogP contribution < -0.4 is 10.1 Å². The van der Waals surface area contributed by atoms with E-state index >= 15 is 0 Å². The maximum atomic E-state index is 12.4. The van der Waals surface area contributed by atoms with E-state index in [0.717, 1.165) is 16.5 Å². The van der Waals surface area contributed by atoms with E-state index in [1.807, 2.05) is 67.0 Å². The highest BCUT2D eigenvalue weighted by molar-refractivity contribution is 7.98. The quantitative estimate of drug-likeness (QED) is 0.532. The topological polar surface area (TPSA) is 80.6 Å². The number of carbonyl (C=O) groups excluding carboxylic acids is 1. The maximum absolute atomic E-state index is 12.4. The molecule has 3 rings (SSSR count). The van der Waals surface area contributed by atoms with Crippen molar-refractivity contribution in [2.24, 2.45) is 0 Å². The summed E-state index contributed by atoms with van der Waals surface area (Å²) in [5, 5.41) is 12.9. The summed E-state index contributed by atoms with van der Waals surface area (Å²) in [6, 6.07) is 16.7.